The fourth-order valence-electron chi connectivity index (χ4n) is 3.26. The Bertz CT molecular complexity index is 473. The number of carbonyl (C=O) groups is 1. The van der Waals surface area contributed by atoms with Crippen LogP contribution < -0.4 is 5.32 Å². The molecule has 0 aliphatic heterocycles. The van der Waals surface area contributed by atoms with Gasteiger partial charge in [-0.3, -0.25) is 4.79 Å². The molecule has 1 N–H and O–H groups in total. The SMILES string of the molecule is O=C(NCCCC1CCCC1)c1cc(Br)cn1C1CC1. The van der Waals surface area contributed by atoms with Crippen molar-refractivity contribution in [2.24, 2.45) is 5.92 Å². The van der Waals surface area contributed by atoms with E-state index in [2.05, 4.69) is 25.8 Å². The van der Waals surface area contributed by atoms with Gasteiger partial charge in [-0.1, -0.05) is 25.7 Å². The molecule has 0 unspecified atom stereocenters. The van der Waals surface area contributed by atoms with Crippen molar-refractivity contribution in [2.75, 3.05) is 6.54 Å². The molecule has 0 saturated heterocycles. The molecule has 1 amide bonds. The quantitative estimate of drug-likeness (QED) is 0.771. The molecule has 0 bridgehead atoms. The lowest BCUT2D eigenvalue weighted by Crippen LogP contribution is -2.26. The Hall–Kier alpha value is -0.770. The van der Waals surface area contributed by atoms with E-state index in [9.17, 15) is 4.79 Å². The zero-order valence-electron chi connectivity index (χ0n) is 11.9. The van der Waals surface area contributed by atoms with E-state index in [4.69, 9.17) is 0 Å². The molecular formula is C16H23BrN2O. The number of carbonyl (C=O) groups excluding carboxylic acids is 1. The van der Waals surface area contributed by atoms with Crippen molar-refractivity contribution in [1.29, 1.82) is 0 Å². The smallest absolute Gasteiger partial charge is 0.267 e. The highest BCUT2D eigenvalue weighted by molar-refractivity contribution is 9.10. The largest absolute Gasteiger partial charge is 0.351 e. The summed E-state index contributed by atoms with van der Waals surface area (Å²) in [6.07, 6.45) is 12.4. The van der Waals surface area contributed by atoms with Crippen LogP contribution in [0.1, 0.15) is 67.9 Å². The van der Waals surface area contributed by atoms with Crippen molar-refractivity contribution in [3.63, 3.8) is 0 Å². The van der Waals surface area contributed by atoms with E-state index in [0.717, 1.165) is 29.1 Å². The first kappa shape index (κ1) is 14.2. The first-order chi connectivity index (χ1) is 9.74. The minimum atomic E-state index is 0.0778. The van der Waals surface area contributed by atoms with Gasteiger partial charge in [0.15, 0.2) is 0 Å². The molecule has 110 valence electrons. The van der Waals surface area contributed by atoms with Crippen molar-refractivity contribution < 1.29 is 4.79 Å². The Balaban J connectivity index is 1.46. The Morgan fingerprint density at radius 3 is 2.75 bits per heavy atom. The summed E-state index contributed by atoms with van der Waals surface area (Å²) in [7, 11) is 0. The van der Waals surface area contributed by atoms with Gasteiger partial charge in [-0.25, -0.2) is 0 Å². The molecule has 2 aliphatic carbocycles. The monoisotopic (exact) mass is 338 g/mol. The van der Waals surface area contributed by atoms with Crippen molar-refractivity contribution >= 4 is 21.8 Å². The maximum absolute atomic E-state index is 12.3. The Morgan fingerprint density at radius 1 is 1.30 bits per heavy atom. The van der Waals surface area contributed by atoms with Crippen molar-refractivity contribution in [1.82, 2.24) is 9.88 Å². The topological polar surface area (TPSA) is 34.0 Å². The van der Waals surface area contributed by atoms with Gasteiger partial charge in [0.05, 0.1) is 0 Å². The van der Waals surface area contributed by atoms with Gasteiger partial charge in [0, 0.05) is 23.3 Å². The Kier molecular flexibility index (Phi) is 4.49. The molecule has 0 radical (unpaired) electrons. The molecule has 4 heteroatoms. The first-order valence-electron chi connectivity index (χ1n) is 7.89. The van der Waals surface area contributed by atoms with Crippen LogP contribution in [0, 0.1) is 5.92 Å². The molecule has 0 aromatic carbocycles. The van der Waals surface area contributed by atoms with Crippen molar-refractivity contribution in [2.45, 2.75) is 57.4 Å². The molecule has 2 saturated carbocycles. The van der Waals surface area contributed by atoms with Gasteiger partial charge in [-0.2, -0.15) is 0 Å². The van der Waals surface area contributed by atoms with E-state index in [-0.39, 0.29) is 5.91 Å². The Labute approximate surface area is 129 Å². The fraction of sp³-hybridized carbons (Fsp3) is 0.688. The van der Waals surface area contributed by atoms with Crippen LogP contribution in [-0.4, -0.2) is 17.0 Å². The minimum absolute atomic E-state index is 0.0778. The standard InChI is InChI=1S/C16H23BrN2O/c17-13-10-15(19(11-13)14-7-8-14)16(20)18-9-3-6-12-4-1-2-5-12/h10-12,14H,1-9H2,(H,18,20). The summed E-state index contributed by atoms with van der Waals surface area (Å²) in [5, 5.41) is 3.08. The summed E-state index contributed by atoms with van der Waals surface area (Å²) in [4.78, 5) is 12.3. The molecule has 2 fully saturated rings. The van der Waals surface area contributed by atoms with Gasteiger partial charge in [-0.05, 0) is 53.6 Å². The number of aromatic nitrogens is 1. The van der Waals surface area contributed by atoms with Gasteiger partial charge in [0.25, 0.3) is 5.91 Å². The lowest BCUT2D eigenvalue weighted by molar-refractivity contribution is 0.0943. The molecule has 3 nitrogen and oxygen atoms in total. The highest BCUT2D eigenvalue weighted by atomic mass is 79.9. The Morgan fingerprint density at radius 2 is 2.05 bits per heavy atom. The van der Waals surface area contributed by atoms with Crippen LogP contribution in [0.3, 0.4) is 0 Å². The molecule has 1 aromatic heterocycles. The molecule has 0 spiro atoms. The average Bonchev–Trinajstić information content (AvgIpc) is 3.00. The zero-order valence-corrected chi connectivity index (χ0v) is 13.5. The molecule has 1 heterocycles. The second-order valence-corrected chi connectivity index (χ2v) is 7.15. The first-order valence-corrected chi connectivity index (χ1v) is 8.69. The predicted molar refractivity (Wildman–Crippen MR) is 83.9 cm³/mol. The summed E-state index contributed by atoms with van der Waals surface area (Å²) < 4.78 is 3.12. The zero-order chi connectivity index (χ0) is 13.9. The van der Waals surface area contributed by atoms with Gasteiger partial charge in [0.2, 0.25) is 0 Å². The van der Waals surface area contributed by atoms with Crippen molar-refractivity contribution in [3.05, 3.63) is 22.4 Å². The summed E-state index contributed by atoms with van der Waals surface area (Å²) in [5.74, 6) is 0.991. The molecule has 20 heavy (non-hydrogen) atoms. The third-order valence-electron chi connectivity index (χ3n) is 4.54. The van der Waals surface area contributed by atoms with Crippen LogP contribution in [0.5, 0.6) is 0 Å². The number of halogens is 1. The average molecular weight is 339 g/mol. The summed E-state index contributed by atoms with van der Waals surface area (Å²) >= 11 is 3.47. The van der Waals surface area contributed by atoms with Gasteiger partial charge >= 0.3 is 0 Å². The van der Waals surface area contributed by atoms with E-state index in [1.54, 1.807) is 0 Å². The highest BCUT2D eigenvalue weighted by Gasteiger charge is 2.27. The van der Waals surface area contributed by atoms with Gasteiger partial charge in [0.1, 0.15) is 5.69 Å². The highest BCUT2D eigenvalue weighted by Crippen LogP contribution is 2.37. The van der Waals surface area contributed by atoms with E-state index >= 15 is 0 Å². The van der Waals surface area contributed by atoms with E-state index < -0.39 is 0 Å². The molecule has 3 rings (SSSR count). The number of hydrogen-bond acceptors (Lipinski definition) is 1. The van der Waals surface area contributed by atoms with Crippen LogP contribution in [0.25, 0.3) is 0 Å². The molecule has 1 aromatic rings. The number of nitrogens with one attached hydrogen (secondary N) is 1. The second kappa shape index (κ2) is 6.33. The number of nitrogens with zero attached hydrogens (tertiary/aromatic N) is 1. The predicted octanol–water partition coefficient (Wildman–Crippen LogP) is 4.29. The third kappa shape index (κ3) is 3.46. The van der Waals surface area contributed by atoms with Crippen LogP contribution in [0.4, 0.5) is 0 Å². The molecule has 2 aliphatic rings. The van der Waals surface area contributed by atoms with Gasteiger partial charge in [-0.15, -0.1) is 0 Å². The molecular weight excluding hydrogens is 316 g/mol. The summed E-state index contributed by atoms with van der Waals surface area (Å²) in [6, 6.07) is 2.48. The number of amides is 1. The lowest BCUT2D eigenvalue weighted by atomic mass is 10.0. The maximum Gasteiger partial charge on any atom is 0.267 e. The van der Waals surface area contributed by atoms with E-state index in [1.807, 2.05) is 12.3 Å². The number of rotatable bonds is 6. The lowest BCUT2D eigenvalue weighted by Gasteiger charge is -2.10. The van der Waals surface area contributed by atoms with Crippen LogP contribution in [0.15, 0.2) is 16.7 Å². The fourth-order valence-corrected chi connectivity index (χ4v) is 3.70. The van der Waals surface area contributed by atoms with Crippen LogP contribution in [-0.2, 0) is 0 Å². The van der Waals surface area contributed by atoms with Gasteiger partial charge < -0.3 is 9.88 Å². The van der Waals surface area contributed by atoms with Crippen molar-refractivity contribution in [3.8, 4) is 0 Å². The minimum Gasteiger partial charge on any atom is -0.351 e. The van der Waals surface area contributed by atoms with Crippen LogP contribution >= 0.6 is 15.9 Å². The van der Waals surface area contributed by atoms with Crippen LogP contribution in [0.2, 0.25) is 0 Å². The number of hydrogen-bond donors (Lipinski definition) is 1. The third-order valence-corrected chi connectivity index (χ3v) is 4.97. The summed E-state index contributed by atoms with van der Waals surface area (Å²) in [6.45, 7) is 0.808. The normalized spacial score (nSPS) is 19.4. The summed E-state index contributed by atoms with van der Waals surface area (Å²) in [5.41, 5.74) is 0.806. The second-order valence-electron chi connectivity index (χ2n) is 6.23. The maximum atomic E-state index is 12.3. The van der Waals surface area contributed by atoms with E-state index in [0.29, 0.717) is 6.04 Å². The van der Waals surface area contributed by atoms with E-state index in [1.165, 1.54) is 44.9 Å². The molecule has 0 atom stereocenters.